The third-order valence-electron chi connectivity index (χ3n) is 5.72. The first-order chi connectivity index (χ1) is 15.6. The van der Waals surface area contributed by atoms with E-state index in [-0.39, 0.29) is 17.9 Å². The summed E-state index contributed by atoms with van der Waals surface area (Å²) in [6.07, 6.45) is 1.73. The normalized spacial score (nSPS) is 15.1. The molecule has 2 N–H and O–H groups in total. The zero-order chi connectivity index (χ0) is 23.8. The molecule has 1 aliphatic heterocycles. The summed E-state index contributed by atoms with van der Waals surface area (Å²) in [5.41, 5.74) is 4.33. The molecule has 1 unspecified atom stereocenters. The molecule has 0 saturated carbocycles. The Morgan fingerprint density at radius 3 is 2.09 bits per heavy atom. The van der Waals surface area contributed by atoms with Gasteiger partial charge in [0.15, 0.2) is 0 Å². The molecule has 33 heavy (non-hydrogen) atoms. The van der Waals surface area contributed by atoms with Crippen LogP contribution in [0.25, 0.3) is 0 Å². The Hall–Kier alpha value is -3.65. The molecular weight excluding hydrogens is 438 g/mol. The average molecular weight is 464 g/mol. The van der Waals surface area contributed by atoms with Crippen LogP contribution in [0.1, 0.15) is 38.8 Å². The van der Waals surface area contributed by atoms with Crippen molar-refractivity contribution in [3.8, 4) is 0 Å². The van der Waals surface area contributed by atoms with Gasteiger partial charge >= 0.3 is 0 Å². The highest BCUT2D eigenvalue weighted by Gasteiger charge is 2.32. The van der Waals surface area contributed by atoms with Gasteiger partial charge in [0.2, 0.25) is 10.0 Å². The molecule has 7 nitrogen and oxygen atoms in total. The fourth-order valence-corrected chi connectivity index (χ4v) is 5.40. The highest BCUT2D eigenvalue weighted by atomic mass is 32.2. The minimum Gasteiger partial charge on any atom is -0.322 e. The van der Waals surface area contributed by atoms with Gasteiger partial charge in [0.1, 0.15) is 0 Å². The lowest BCUT2D eigenvalue weighted by molar-refractivity contribution is 0.101. The Labute approximate surface area is 193 Å². The Bertz CT molecular complexity index is 1340. The Kier molecular flexibility index (Phi) is 5.95. The van der Waals surface area contributed by atoms with E-state index in [0.29, 0.717) is 34.6 Å². The van der Waals surface area contributed by atoms with Crippen LogP contribution < -0.4 is 14.9 Å². The largest absolute Gasteiger partial charge is 0.322 e. The monoisotopic (exact) mass is 463 g/mol. The van der Waals surface area contributed by atoms with Gasteiger partial charge in [-0.25, -0.2) is 8.42 Å². The zero-order valence-electron chi connectivity index (χ0n) is 18.6. The predicted octanol–water partition coefficient (Wildman–Crippen LogP) is 4.21. The molecule has 0 saturated heterocycles. The zero-order valence-corrected chi connectivity index (χ0v) is 19.4. The number of carbonyl (C=O) groups excluding carboxylic acids is 2. The maximum Gasteiger partial charge on any atom is 0.255 e. The lowest BCUT2D eigenvalue weighted by Gasteiger charge is -2.22. The van der Waals surface area contributed by atoms with Gasteiger partial charge in [0, 0.05) is 28.5 Å². The molecule has 0 fully saturated rings. The van der Waals surface area contributed by atoms with Crippen LogP contribution in [0.4, 0.5) is 17.1 Å². The average Bonchev–Trinajstić information content (AvgIpc) is 3.12. The second-order valence-corrected chi connectivity index (χ2v) is 10.1. The number of hydrogen-bond donors (Lipinski definition) is 2. The van der Waals surface area contributed by atoms with E-state index in [4.69, 9.17) is 0 Å². The van der Waals surface area contributed by atoms with Gasteiger partial charge in [0.25, 0.3) is 11.8 Å². The molecule has 3 aromatic carbocycles. The van der Waals surface area contributed by atoms with Crippen molar-refractivity contribution in [1.29, 1.82) is 0 Å². The smallest absolute Gasteiger partial charge is 0.255 e. The molecule has 1 heterocycles. The number of amides is 2. The molecule has 8 heteroatoms. The maximum atomic E-state index is 13.0. The first kappa shape index (κ1) is 22.5. The minimum atomic E-state index is -3.39. The third kappa shape index (κ3) is 4.61. The maximum absolute atomic E-state index is 13.0. The molecule has 0 bridgehead atoms. The topological polar surface area (TPSA) is 95.6 Å². The first-order valence-electron chi connectivity index (χ1n) is 10.5. The number of benzene rings is 3. The third-order valence-corrected chi connectivity index (χ3v) is 6.99. The summed E-state index contributed by atoms with van der Waals surface area (Å²) in [4.78, 5) is 25.5. The Balaban J connectivity index is 1.53. The van der Waals surface area contributed by atoms with E-state index in [0.717, 1.165) is 11.1 Å². The fourth-order valence-electron chi connectivity index (χ4n) is 4.13. The van der Waals surface area contributed by atoms with Crippen molar-refractivity contribution in [2.75, 3.05) is 21.2 Å². The van der Waals surface area contributed by atoms with Gasteiger partial charge in [0.05, 0.1) is 11.9 Å². The van der Waals surface area contributed by atoms with E-state index in [1.165, 1.54) is 10.6 Å². The van der Waals surface area contributed by atoms with Crippen LogP contribution in [0.15, 0.2) is 66.7 Å². The molecule has 0 aromatic heterocycles. The first-order valence-corrected chi connectivity index (χ1v) is 12.4. The quantitative estimate of drug-likeness (QED) is 0.593. The van der Waals surface area contributed by atoms with Crippen LogP contribution in [0.5, 0.6) is 0 Å². The van der Waals surface area contributed by atoms with Crippen molar-refractivity contribution in [3.63, 3.8) is 0 Å². The second kappa shape index (κ2) is 8.71. The standard InChI is InChI=1S/C25H25N3O4S/c1-16-14-20-15-19(12-13-23(20)28(16)33(3,31)32)25(30)27-22-11-7-10-21(17(22)2)26-24(29)18-8-5-4-6-9-18/h4-13,15-16H,14H2,1-3H3,(H,26,29)(H,27,30). The molecule has 1 aliphatic rings. The van der Waals surface area contributed by atoms with E-state index < -0.39 is 10.0 Å². The molecule has 3 aromatic rings. The molecule has 0 aliphatic carbocycles. The van der Waals surface area contributed by atoms with Crippen molar-refractivity contribution >= 4 is 38.9 Å². The highest BCUT2D eigenvalue weighted by molar-refractivity contribution is 7.92. The molecule has 2 amide bonds. The van der Waals surface area contributed by atoms with Crippen molar-refractivity contribution < 1.29 is 18.0 Å². The molecule has 170 valence electrons. The fraction of sp³-hybridized carbons (Fsp3) is 0.200. The van der Waals surface area contributed by atoms with Crippen LogP contribution in [-0.4, -0.2) is 32.5 Å². The number of hydrogen-bond acceptors (Lipinski definition) is 4. The summed E-state index contributed by atoms with van der Waals surface area (Å²) in [6, 6.07) is 19.1. The van der Waals surface area contributed by atoms with Gasteiger partial charge < -0.3 is 10.6 Å². The van der Waals surface area contributed by atoms with E-state index in [9.17, 15) is 18.0 Å². The van der Waals surface area contributed by atoms with Gasteiger partial charge in [-0.2, -0.15) is 0 Å². The van der Waals surface area contributed by atoms with Crippen molar-refractivity contribution in [2.45, 2.75) is 26.3 Å². The van der Waals surface area contributed by atoms with Crippen LogP contribution in [0, 0.1) is 6.92 Å². The molecule has 0 radical (unpaired) electrons. The lowest BCUT2D eigenvalue weighted by atomic mass is 10.1. The summed E-state index contributed by atoms with van der Waals surface area (Å²) in [7, 11) is -3.39. The van der Waals surface area contributed by atoms with Crippen LogP contribution >= 0.6 is 0 Å². The van der Waals surface area contributed by atoms with Crippen molar-refractivity contribution in [1.82, 2.24) is 0 Å². The Morgan fingerprint density at radius 1 is 0.879 bits per heavy atom. The number of nitrogens with one attached hydrogen (secondary N) is 2. The molecule has 0 spiro atoms. The van der Waals surface area contributed by atoms with Gasteiger partial charge in [-0.05, 0) is 73.9 Å². The van der Waals surface area contributed by atoms with Gasteiger partial charge in [-0.3, -0.25) is 13.9 Å². The Morgan fingerprint density at radius 2 is 1.48 bits per heavy atom. The van der Waals surface area contributed by atoms with E-state index >= 15 is 0 Å². The summed E-state index contributed by atoms with van der Waals surface area (Å²) in [5, 5.41) is 5.79. The highest BCUT2D eigenvalue weighted by Crippen LogP contribution is 2.35. The van der Waals surface area contributed by atoms with Crippen molar-refractivity contribution in [2.24, 2.45) is 0 Å². The number of anilines is 3. The van der Waals surface area contributed by atoms with E-state index in [1.807, 2.05) is 19.9 Å². The predicted molar refractivity (Wildman–Crippen MR) is 130 cm³/mol. The summed E-state index contributed by atoms with van der Waals surface area (Å²) >= 11 is 0. The molecular formula is C25H25N3O4S. The summed E-state index contributed by atoms with van der Waals surface area (Å²) in [6.45, 7) is 3.67. The van der Waals surface area contributed by atoms with Gasteiger partial charge in [-0.15, -0.1) is 0 Å². The van der Waals surface area contributed by atoms with Gasteiger partial charge in [-0.1, -0.05) is 24.3 Å². The van der Waals surface area contributed by atoms with Crippen LogP contribution in [-0.2, 0) is 16.4 Å². The number of sulfonamides is 1. The summed E-state index contributed by atoms with van der Waals surface area (Å²) in [5.74, 6) is -0.539. The van der Waals surface area contributed by atoms with E-state index in [2.05, 4.69) is 10.6 Å². The summed E-state index contributed by atoms with van der Waals surface area (Å²) < 4.78 is 25.6. The number of carbonyl (C=O) groups is 2. The van der Waals surface area contributed by atoms with Crippen LogP contribution in [0.3, 0.4) is 0 Å². The van der Waals surface area contributed by atoms with Crippen LogP contribution in [0.2, 0.25) is 0 Å². The molecule has 1 atom stereocenters. The minimum absolute atomic E-state index is 0.194. The van der Waals surface area contributed by atoms with E-state index in [1.54, 1.807) is 60.7 Å². The second-order valence-electron chi connectivity index (χ2n) is 8.21. The number of nitrogens with zero attached hydrogens (tertiary/aromatic N) is 1. The molecule has 4 rings (SSSR count). The van der Waals surface area contributed by atoms with Crippen molar-refractivity contribution in [3.05, 3.63) is 89.0 Å². The SMILES string of the molecule is Cc1c(NC(=O)c2ccccc2)cccc1NC(=O)c1ccc2c(c1)CC(C)N2S(C)(=O)=O. The lowest BCUT2D eigenvalue weighted by Crippen LogP contribution is -2.34. The number of fused-ring (bicyclic) bond motifs is 1. The number of rotatable bonds is 5.